The average Bonchev–Trinajstić information content (AvgIpc) is 2.32. The van der Waals surface area contributed by atoms with Gasteiger partial charge in [0.05, 0.1) is 0 Å². The van der Waals surface area contributed by atoms with Crippen LogP contribution in [0.15, 0.2) is 42.5 Å². The topological polar surface area (TPSA) is 9.23 Å². The van der Waals surface area contributed by atoms with Crippen molar-refractivity contribution in [1.29, 1.82) is 0 Å². The molecule has 0 bridgehead atoms. The van der Waals surface area contributed by atoms with E-state index in [1.54, 1.807) is 12.1 Å². The minimum Gasteiger partial charge on any atom is -0.486 e. The average molecular weight is 255 g/mol. The summed E-state index contributed by atoms with van der Waals surface area (Å²) in [5, 5.41) is 0.391. The third kappa shape index (κ3) is 2.94. The molecular formula is C13H9ClF2O. The number of benzene rings is 2. The van der Waals surface area contributed by atoms with Crippen molar-refractivity contribution in [1.82, 2.24) is 0 Å². The van der Waals surface area contributed by atoms with Gasteiger partial charge in [-0.05, 0) is 30.3 Å². The number of hydrogen-bond donors (Lipinski definition) is 0. The Kier molecular flexibility index (Phi) is 3.59. The zero-order chi connectivity index (χ0) is 12.3. The smallest absolute Gasteiger partial charge is 0.165 e. The van der Waals surface area contributed by atoms with Crippen molar-refractivity contribution in [2.24, 2.45) is 0 Å². The molecule has 0 heterocycles. The van der Waals surface area contributed by atoms with E-state index >= 15 is 0 Å². The van der Waals surface area contributed by atoms with Crippen molar-refractivity contribution in [2.45, 2.75) is 6.61 Å². The summed E-state index contributed by atoms with van der Waals surface area (Å²) >= 11 is 5.86. The zero-order valence-electron chi connectivity index (χ0n) is 8.79. The van der Waals surface area contributed by atoms with Crippen molar-refractivity contribution in [2.75, 3.05) is 0 Å². The summed E-state index contributed by atoms with van der Waals surface area (Å²) in [7, 11) is 0. The van der Waals surface area contributed by atoms with E-state index in [1.807, 2.05) is 0 Å². The van der Waals surface area contributed by atoms with Crippen LogP contribution in [-0.2, 0) is 6.61 Å². The molecule has 0 amide bonds. The number of halogens is 3. The molecule has 0 radical (unpaired) electrons. The molecule has 0 fully saturated rings. The van der Waals surface area contributed by atoms with Crippen LogP contribution < -0.4 is 4.74 Å². The lowest BCUT2D eigenvalue weighted by molar-refractivity contribution is 0.290. The van der Waals surface area contributed by atoms with E-state index < -0.39 is 11.6 Å². The first-order valence-corrected chi connectivity index (χ1v) is 5.36. The fourth-order valence-electron chi connectivity index (χ4n) is 1.37. The lowest BCUT2D eigenvalue weighted by atomic mass is 10.2. The van der Waals surface area contributed by atoms with Crippen molar-refractivity contribution in [3.05, 3.63) is 64.7 Å². The predicted octanol–water partition coefficient (Wildman–Crippen LogP) is 4.20. The molecule has 17 heavy (non-hydrogen) atoms. The molecule has 1 nitrogen and oxygen atoms in total. The van der Waals surface area contributed by atoms with E-state index in [9.17, 15) is 8.78 Å². The maximum Gasteiger partial charge on any atom is 0.165 e. The summed E-state index contributed by atoms with van der Waals surface area (Å²) in [6, 6.07) is 9.99. The van der Waals surface area contributed by atoms with Crippen LogP contribution in [0.1, 0.15) is 5.56 Å². The molecule has 0 aliphatic carbocycles. The van der Waals surface area contributed by atoms with Gasteiger partial charge in [0.1, 0.15) is 12.4 Å². The number of hydrogen-bond acceptors (Lipinski definition) is 1. The first-order valence-electron chi connectivity index (χ1n) is 4.98. The van der Waals surface area contributed by atoms with Gasteiger partial charge in [0.2, 0.25) is 0 Å². The maximum atomic E-state index is 13.2. The van der Waals surface area contributed by atoms with Gasteiger partial charge in [-0.3, -0.25) is 0 Å². The van der Waals surface area contributed by atoms with Gasteiger partial charge in [-0.25, -0.2) is 8.78 Å². The second-order valence-corrected chi connectivity index (χ2v) is 3.86. The summed E-state index contributed by atoms with van der Waals surface area (Å²) in [5.41, 5.74) is 0.481. The van der Waals surface area contributed by atoms with Crippen LogP contribution in [0.2, 0.25) is 5.02 Å². The van der Waals surface area contributed by atoms with E-state index in [1.165, 1.54) is 30.3 Å². The number of para-hydroxylation sites is 1. The molecule has 88 valence electrons. The molecule has 2 aromatic rings. The third-order valence-electron chi connectivity index (χ3n) is 2.23. The van der Waals surface area contributed by atoms with E-state index in [2.05, 4.69) is 0 Å². The quantitative estimate of drug-likeness (QED) is 0.798. The minimum absolute atomic E-state index is 0.0253. The molecule has 0 aliphatic heterocycles. The molecule has 2 aromatic carbocycles. The van der Waals surface area contributed by atoms with Crippen LogP contribution >= 0.6 is 11.6 Å². The summed E-state index contributed by atoms with van der Waals surface area (Å²) in [6.45, 7) is 0.0253. The van der Waals surface area contributed by atoms with Crippen LogP contribution in [-0.4, -0.2) is 0 Å². The molecule has 0 saturated heterocycles. The highest BCUT2D eigenvalue weighted by Gasteiger charge is 2.05. The Balaban J connectivity index is 2.12. The summed E-state index contributed by atoms with van der Waals surface area (Å²) in [5.74, 6) is -0.741. The highest BCUT2D eigenvalue weighted by molar-refractivity contribution is 6.31. The molecule has 0 unspecified atom stereocenters. The van der Waals surface area contributed by atoms with Gasteiger partial charge in [0.25, 0.3) is 0 Å². The molecule has 0 aliphatic rings. The Labute approximate surface area is 103 Å². The van der Waals surface area contributed by atoms with Crippen molar-refractivity contribution in [3.63, 3.8) is 0 Å². The molecule has 0 N–H and O–H groups in total. The minimum atomic E-state index is -0.458. The zero-order valence-corrected chi connectivity index (χ0v) is 9.55. The fraction of sp³-hybridized carbons (Fsp3) is 0.0769. The second-order valence-electron chi connectivity index (χ2n) is 3.45. The van der Waals surface area contributed by atoms with Gasteiger partial charge in [-0.1, -0.05) is 23.7 Å². The molecule has 4 heteroatoms. The lowest BCUT2D eigenvalue weighted by Gasteiger charge is -2.08. The van der Waals surface area contributed by atoms with Gasteiger partial charge < -0.3 is 4.74 Å². The number of rotatable bonds is 3. The highest BCUT2D eigenvalue weighted by Crippen LogP contribution is 2.21. The Morgan fingerprint density at radius 3 is 2.59 bits per heavy atom. The molecule has 2 rings (SSSR count). The van der Waals surface area contributed by atoms with E-state index in [0.29, 0.717) is 10.6 Å². The number of ether oxygens (including phenoxy) is 1. The van der Waals surface area contributed by atoms with Crippen LogP contribution in [0, 0.1) is 11.6 Å². The molecule has 0 atom stereocenters. The summed E-state index contributed by atoms with van der Waals surface area (Å²) in [6.07, 6.45) is 0. The van der Waals surface area contributed by atoms with E-state index in [-0.39, 0.29) is 12.4 Å². The van der Waals surface area contributed by atoms with Crippen molar-refractivity contribution >= 4 is 11.6 Å². The van der Waals surface area contributed by atoms with Gasteiger partial charge >= 0.3 is 0 Å². The van der Waals surface area contributed by atoms with E-state index in [0.717, 1.165) is 0 Å². The SMILES string of the molecule is Fc1ccc(Cl)c(COc2ccccc2F)c1. The fourth-order valence-corrected chi connectivity index (χ4v) is 1.54. The van der Waals surface area contributed by atoms with Crippen LogP contribution in [0.4, 0.5) is 8.78 Å². The van der Waals surface area contributed by atoms with Crippen molar-refractivity contribution in [3.8, 4) is 5.75 Å². The normalized spacial score (nSPS) is 10.3. The van der Waals surface area contributed by atoms with Gasteiger partial charge in [-0.2, -0.15) is 0 Å². The summed E-state index contributed by atoms with van der Waals surface area (Å²) in [4.78, 5) is 0. The molecular weight excluding hydrogens is 246 g/mol. The predicted molar refractivity (Wildman–Crippen MR) is 62.1 cm³/mol. The monoisotopic (exact) mass is 254 g/mol. The Morgan fingerprint density at radius 2 is 1.82 bits per heavy atom. The first kappa shape index (κ1) is 11.9. The van der Waals surface area contributed by atoms with Gasteiger partial charge in [0.15, 0.2) is 11.6 Å². The van der Waals surface area contributed by atoms with Gasteiger partial charge in [0, 0.05) is 10.6 Å². The van der Waals surface area contributed by atoms with E-state index in [4.69, 9.17) is 16.3 Å². The molecule has 0 saturated carbocycles. The van der Waals surface area contributed by atoms with Crippen molar-refractivity contribution < 1.29 is 13.5 Å². The molecule has 0 aromatic heterocycles. The largest absolute Gasteiger partial charge is 0.486 e. The first-order chi connectivity index (χ1) is 8.16. The molecule has 0 spiro atoms. The lowest BCUT2D eigenvalue weighted by Crippen LogP contribution is -1.98. The maximum absolute atomic E-state index is 13.2. The second kappa shape index (κ2) is 5.15. The van der Waals surface area contributed by atoms with Crippen LogP contribution in [0.3, 0.4) is 0 Å². The summed E-state index contributed by atoms with van der Waals surface area (Å²) < 4.78 is 31.4. The third-order valence-corrected chi connectivity index (χ3v) is 2.60. The van der Waals surface area contributed by atoms with Crippen LogP contribution in [0.25, 0.3) is 0 Å². The Morgan fingerprint density at radius 1 is 1.06 bits per heavy atom. The Bertz CT molecular complexity index is 529. The highest BCUT2D eigenvalue weighted by atomic mass is 35.5. The van der Waals surface area contributed by atoms with Gasteiger partial charge in [-0.15, -0.1) is 0 Å². The Hall–Kier alpha value is -1.61. The standard InChI is InChI=1S/C13H9ClF2O/c14-11-6-5-10(15)7-9(11)8-17-13-4-2-1-3-12(13)16/h1-7H,8H2. The van der Waals surface area contributed by atoms with Crippen LogP contribution in [0.5, 0.6) is 5.75 Å².